The van der Waals surface area contributed by atoms with Gasteiger partial charge in [0.1, 0.15) is 11.8 Å². The highest BCUT2D eigenvalue weighted by molar-refractivity contribution is 5.88. The monoisotopic (exact) mass is 341 g/mol. The maximum atomic E-state index is 12.7. The molecule has 1 aliphatic carbocycles. The molecule has 0 aliphatic heterocycles. The van der Waals surface area contributed by atoms with Crippen LogP contribution in [0.1, 0.15) is 22.9 Å². The maximum Gasteiger partial charge on any atom is 0.415 e. The van der Waals surface area contributed by atoms with Gasteiger partial charge in [0, 0.05) is 18.2 Å². The number of amides is 1. The fraction of sp³-hybridized carbons (Fsp3) is 0.0952. The van der Waals surface area contributed by atoms with Crippen molar-refractivity contribution in [2.45, 2.75) is 6.10 Å². The zero-order chi connectivity index (χ0) is 18.1. The summed E-state index contributed by atoms with van der Waals surface area (Å²) < 4.78 is 5.83. The Kier molecular flexibility index (Phi) is 3.86. The second-order valence-electron chi connectivity index (χ2n) is 6.01. The van der Waals surface area contributed by atoms with Crippen LogP contribution in [-0.2, 0) is 4.74 Å². The van der Waals surface area contributed by atoms with Gasteiger partial charge >= 0.3 is 6.09 Å². The standard InChI is InChI=1S/C21H15N3O2/c1-24(15-11-10-14(12-22)23-13-15)21(25)26-20-18-8-4-2-6-16(18)17-7-3-5-9-19(17)20/h2-11,13,20H,1H3. The zero-order valence-electron chi connectivity index (χ0n) is 14.1. The molecule has 0 saturated carbocycles. The van der Waals surface area contributed by atoms with Crippen molar-refractivity contribution in [3.8, 4) is 17.2 Å². The normalized spacial score (nSPS) is 12.0. The van der Waals surface area contributed by atoms with E-state index in [4.69, 9.17) is 10.00 Å². The van der Waals surface area contributed by atoms with E-state index in [1.807, 2.05) is 54.6 Å². The summed E-state index contributed by atoms with van der Waals surface area (Å²) in [5, 5.41) is 8.83. The Hall–Kier alpha value is -3.65. The number of fused-ring (bicyclic) bond motifs is 3. The minimum atomic E-state index is -0.479. The van der Waals surface area contributed by atoms with Crippen LogP contribution in [-0.4, -0.2) is 18.1 Å². The van der Waals surface area contributed by atoms with E-state index in [2.05, 4.69) is 4.98 Å². The lowest BCUT2D eigenvalue weighted by molar-refractivity contribution is 0.127. The van der Waals surface area contributed by atoms with Crippen molar-refractivity contribution in [3.05, 3.63) is 83.7 Å². The molecule has 1 amide bonds. The Morgan fingerprint density at radius 2 is 1.65 bits per heavy atom. The Balaban J connectivity index is 1.62. The molecule has 0 fully saturated rings. The van der Waals surface area contributed by atoms with Gasteiger partial charge in [-0.15, -0.1) is 0 Å². The first kappa shape index (κ1) is 15.9. The minimum absolute atomic E-state index is 0.300. The number of aromatic nitrogens is 1. The quantitative estimate of drug-likeness (QED) is 0.697. The Labute approximate surface area is 151 Å². The van der Waals surface area contributed by atoms with Crippen molar-refractivity contribution in [3.63, 3.8) is 0 Å². The third-order valence-corrected chi connectivity index (χ3v) is 4.52. The van der Waals surface area contributed by atoms with Gasteiger partial charge in [0.15, 0.2) is 6.10 Å². The second-order valence-corrected chi connectivity index (χ2v) is 6.01. The van der Waals surface area contributed by atoms with Crippen LogP contribution < -0.4 is 4.90 Å². The first-order valence-electron chi connectivity index (χ1n) is 8.18. The number of rotatable bonds is 2. The van der Waals surface area contributed by atoms with Gasteiger partial charge in [-0.3, -0.25) is 4.90 Å². The third-order valence-electron chi connectivity index (χ3n) is 4.52. The summed E-state index contributed by atoms with van der Waals surface area (Å²) in [4.78, 5) is 18.1. The lowest BCUT2D eigenvalue weighted by Crippen LogP contribution is -2.28. The molecule has 1 heterocycles. The van der Waals surface area contributed by atoms with Crippen molar-refractivity contribution < 1.29 is 9.53 Å². The predicted molar refractivity (Wildman–Crippen MR) is 97.6 cm³/mol. The van der Waals surface area contributed by atoms with Gasteiger partial charge in [-0.2, -0.15) is 5.26 Å². The molecule has 0 atom stereocenters. The molecule has 1 aliphatic rings. The highest BCUT2D eigenvalue weighted by Crippen LogP contribution is 2.45. The van der Waals surface area contributed by atoms with E-state index in [-0.39, 0.29) is 0 Å². The number of nitrogens with zero attached hydrogens (tertiary/aromatic N) is 3. The lowest BCUT2D eigenvalue weighted by atomic mass is 10.1. The number of carbonyl (C=O) groups is 1. The molecule has 126 valence electrons. The average Bonchev–Trinajstić information content (AvgIpc) is 3.01. The number of carbonyl (C=O) groups excluding carboxylic acids is 1. The zero-order valence-corrected chi connectivity index (χ0v) is 14.1. The van der Waals surface area contributed by atoms with Crippen LogP contribution in [0, 0.1) is 11.3 Å². The number of ether oxygens (including phenoxy) is 1. The molecule has 0 N–H and O–H groups in total. The lowest BCUT2D eigenvalue weighted by Gasteiger charge is -2.21. The van der Waals surface area contributed by atoms with Gasteiger partial charge < -0.3 is 4.74 Å². The van der Waals surface area contributed by atoms with Crippen LogP contribution in [0.4, 0.5) is 10.5 Å². The topological polar surface area (TPSA) is 66.2 Å². The van der Waals surface area contributed by atoms with Crippen LogP contribution in [0.3, 0.4) is 0 Å². The van der Waals surface area contributed by atoms with E-state index in [0.29, 0.717) is 11.4 Å². The van der Waals surface area contributed by atoms with Crippen LogP contribution in [0.2, 0.25) is 0 Å². The van der Waals surface area contributed by atoms with Gasteiger partial charge in [-0.1, -0.05) is 48.5 Å². The Morgan fingerprint density at radius 3 is 2.19 bits per heavy atom. The maximum absolute atomic E-state index is 12.7. The van der Waals surface area contributed by atoms with Crippen molar-refractivity contribution in [2.24, 2.45) is 0 Å². The fourth-order valence-corrected chi connectivity index (χ4v) is 3.17. The average molecular weight is 341 g/mol. The Bertz CT molecular complexity index is 976. The molecule has 0 unspecified atom stereocenters. The van der Waals surface area contributed by atoms with E-state index in [0.717, 1.165) is 22.3 Å². The van der Waals surface area contributed by atoms with Crippen LogP contribution >= 0.6 is 0 Å². The van der Waals surface area contributed by atoms with Gasteiger partial charge in [0.25, 0.3) is 0 Å². The molecule has 5 nitrogen and oxygen atoms in total. The predicted octanol–water partition coefficient (Wildman–Crippen LogP) is 4.30. The molecule has 2 aromatic carbocycles. The molecule has 5 heteroatoms. The largest absolute Gasteiger partial charge is 0.436 e. The SMILES string of the molecule is CN(C(=O)OC1c2ccccc2-c2ccccc21)c1ccc(C#N)nc1. The molecule has 3 aromatic rings. The molecule has 4 rings (SSSR count). The molecule has 1 aromatic heterocycles. The second kappa shape index (κ2) is 6.34. The van der Waals surface area contributed by atoms with Crippen molar-refractivity contribution in [2.75, 3.05) is 11.9 Å². The summed E-state index contributed by atoms with van der Waals surface area (Å²) in [5.74, 6) is 0. The molecule has 0 saturated heterocycles. The van der Waals surface area contributed by atoms with Gasteiger partial charge in [-0.25, -0.2) is 9.78 Å². The van der Waals surface area contributed by atoms with Gasteiger partial charge in [0.2, 0.25) is 0 Å². The van der Waals surface area contributed by atoms with E-state index in [1.54, 1.807) is 19.2 Å². The Morgan fingerprint density at radius 1 is 1.04 bits per heavy atom. The summed E-state index contributed by atoms with van der Waals surface area (Å²) in [6.07, 6.45) is 0.563. The van der Waals surface area contributed by atoms with Gasteiger partial charge in [0.05, 0.1) is 11.9 Å². The minimum Gasteiger partial charge on any atom is -0.436 e. The summed E-state index contributed by atoms with van der Waals surface area (Å²) in [6, 6.07) is 21.1. The highest BCUT2D eigenvalue weighted by atomic mass is 16.6. The number of pyridine rings is 1. The smallest absolute Gasteiger partial charge is 0.415 e. The first-order valence-corrected chi connectivity index (χ1v) is 8.18. The summed E-state index contributed by atoms with van der Waals surface area (Å²) >= 11 is 0. The molecule has 26 heavy (non-hydrogen) atoms. The number of anilines is 1. The molecule has 0 radical (unpaired) electrons. The molecular weight excluding hydrogens is 326 g/mol. The molecular formula is C21H15N3O2. The van der Waals surface area contributed by atoms with Crippen LogP contribution in [0.5, 0.6) is 0 Å². The number of nitriles is 1. The molecule has 0 spiro atoms. The third kappa shape index (κ3) is 2.58. The van der Waals surface area contributed by atoms with E-state index >= 15 is 0 Å². The van der Waals surface area contributed by atoms with Gasteiger partial charge in [-0.05, 0) is 23.3 Å². The molecule has 0 bridgehead atoms. The van der Waals surface area contributed by atoms with Crippen molar-refractivity contribution >= 4 is 11.8 Å². The van der Waals surface area contributed by atoms with Crippen LogP contribution in [0.25, 0.3) is 11.1 Å². The van der Waals surface area contributed by atoms with Crippen molar-refractivity contribution in [1.29, 1.82) is 5.26 Å². The van der Waals surface area contributed by atoms with E-state index in [9.17, 15) is 4.79 Å². The number of benzene rings is 2. The number of hydrogen-bond donors (Lipinski definition) is 0. The fourth-order valence-electron chi connectivity index (χ4n) is 3.17. The first-order chi connectivity index (χ1) is 12.7. The highest BCUT2D eigenvalue weighted by Gasteiger charge is 2.32. The summed E-state index contributed by atoms with van der Waals surface area (Å²) in [7, 11) is 1.62. The summed E-state index contributed by atoms with van der Waals surface area (Å²) in [5.41, 5.74) is 5.00. The summed E-state index contributed by atoms with van der Waals surface area (Å²) in [6.45, 7) is 0. The number of hydrogen-bond acceptors (Lipinski definition) is 4. The van der Waals surface area contributed by atoms with E-state index < -0.39 is 12.2 Å². The van der Waals surface area contributed by atoms with E-state index in [1.165, 1.54) is 11.1 Å². The van der Waals surface area contributed by atoms with Crippen LogP contribution in [0.15, 0.2) is 66.9 Å². The van der Waals surface area contributed by atoms with Crippen molar-refractivity contribution in [1.82, 2.24) is 4.98 Å².